The monoisotopic (exact) mass is 1190 g/mol. The van der Waals surface area contributed by atoms with Crippen molar-refractivity contribution in [2.24, 2.45) is 0 Å². The number of hydrogen-bond acceptors (Lipinski definition) is 8. The number of amides is 1. The molecule has 1 saturated heterocycles. The zero-order chi connectivity index (χ0) is 61.4. The Bertz CT molecular complexity index is 1670. The third-order valence-electron chi connectivity index (χ3n) is 16.6. The molecular formula is C76H135NO8. The van der Waals surface area contributed by atoms with E-state index in [9.17, 15) is 30.3 Å². The molecule has 492 valence electrons. The van der Waals surface area contributed by atoms with Gasteiger partial charge in [-0.1, -0.05) is 323 Å². The number of aliphatic hydroxyl groups is 5. The lowest BCUT2D eigenvalue weighted by atomic mass is 9.99. The van der Waals surface area contributed by atoms with Gasteiger partial charge in [0.15, 0.2) is 6.29 Å². The molecule has 0 saturated carbocycles. The van der Waals surface area contributed by atoms with Crippen LogP contribution in [0, 0.1) is 0 Å². The Kier molecular flexibility index (Phi) is 60.4. The normalized spacial score (nSPS) is 18.7. The van der Waals surface area contributed by atoms with E-state index in [-0.39, 0.29) is 12.5 Å². The average Bonchev–Trinajstić information content (AvgIpc) is 3.66. The highest BCUT2D eigenvalue weighted by molar-refractivity contribution is 5.76. The first-order valence-electron chi connectivity index (χ1n) is 36.0. The van der Waals surface area contributed by atoms with E-state index in [1.54, 1.807) is 6.08 Å². The van der Waals surface area contributed by atoms with Crippen LogP contribution < -0.4 is 5.32 Å². The second-order valence-corrected chi connectivity index (χ2v) is 24.6. The number of carbonyl (C=O) groups excluding carboxylic acids is 1. The fourth-order valence-corrected chi connectivity index (χ4v) is 11.0. The van der Waals surface area contributed by atoms with E-state index in [0.29, 0.717) is 6.42 Å². The first-order chi connectivity index (χ1) is 41.8. The summed E-state index contributed by atoms with van der Waals surface area (Å²) in [7, 11) is 0. The van der Waals surface area contributed by atoms with Crippen LogP contribution in [-0.2, 0) is 14.3 Å². The molecule has 1 aliphatic heterocycles. The number of hydrogen-bond donors (Lipinski definition) is 6. The lowest BCUT2D eigenvalue weighted by Crippen LogP contribution is -2.60. The van der Waals surface area contributed by atoms with Crippen LogP contribution in [0.15, 0.2) is 97.2 Å². The van der Waals surface area contributed by atoms with Crippen LogP contribution in [0.5, 0.6) is 0 Å². The Morgan fingerprint density at radius 2 is 0.741 bits per heavy atom. The largest absolute Gasteiger partial charge is 0.394 e. The Hall–Kier alpha value is -2.89. The molecule has 6 N–H and O–H groups in total. The van der Waals surface area contributed by atoms with E-state index in [0.717, 1.165) is 77.0 Å². The lowest BCUT2D eigenvalue weighted by molar-refractivity contribution is -0.302. The van der Waals surface area contributed by atoms with Gasteiger partial charge in [0.1, 0.15) is 24.4 Å². The van der Waals surface area contributed by atoms with Crippen molar-refractivity contribution in [2.75, 3.05) is 13.2 Å². The maximum Gasteiger partial charge on any atom is 0.220 e. The highest BCUT2D eigenvalue weighted by atomic mass is 16.7. The van der Waals surface area contributed by atoms with Crippen molar-refractivity contribution in [1.82, 2.24) is 5.32 Å². The second kappa shape index (κ2) is 64.1. The molecule has 1 fully saturated rings. The second-order valence-electron chi connectivity index (χ2n) is 24.6. The Morgan fingerprint density at radius 3 is 1.13 bits per heavy atom. The van der Waals surface area contributed by atoms with Crippen molar-refractivity contribution in [1.29, 1.82) is 0 Å². The van der Waals surface area contributed by atoms with Gasteiger partial charge in [0.05, 0.1) is 25.4 Å². The van der Waals surface area contributed by atoms with E-state index in [1.807, 2.05) is 6.08 Å². The molecule has 0 aromatic heterocycles. The fraction of sp³-hybridized carbons (Fsp3) is 0.776. The molecule has 7 unspecified atom stereocenters. The summed E-state index contributed by atoms with van der Waals surface area (Å²) in [6.45, 7) is 3.67. The number of unbranched alkanes of at least 4 members (excludes halogenated alkanes) is 38. The summed E-state index contributed by atoms with van der Waals surface area (Å²) < 4.78 is 11.3. The van der Waals surface area contributed by atoms with E-state index in [2.05, 4.69) is 104 Å². The topological polar surface area (TPSA) is 149 Å². The third kappa shape index (κ3) is 52.7. The molecule has 1 rings (SSSR count). The summed E-state index contributed by atoms with van der Waals surface area (Å²) in [6, 6.07) is -0.832. The lowest BCUT2D eigenvalue weighted by Gasteiger charge is -2.40. The molecule has 0 spiro atoms. The van der Waals surface area contributed by atoms with Crippen molar-refractivity contribution >= 4 is 5.91 Å². The third-order valence-corrected chi connectivity index (χ3v) is 16.6. The zero-order valence-electron chi connectivity index (χ0n) is 55.1. The SMILES string of the molecule is CC/C=C\C/C=C\C/C=C\C/C=C\C/C=C\CCCCCCCCCCCCCCCCCCCCCCCCCC(=O)NC(COC1OC(CO)C(O)C(O)C1O)C(O)/C=C/CC/C=C/CC/C=C/CCCCCCCCCCCCCCC. The van der Waals surface area contributed by atoms with Crippen molar-refractivity contribution in [2.45, 2.75) is 365 Å². The highest BCUT2D eigenvalue weighted by Gasteiger charge is 2.44. The highest BCUT2D eigenvalue weighted by Crippen LogP contribution is 2.23. The predicted octanol–water partition coefficient (Wildman–Crippen LogP) is 19.9. The molecule has 1 aliphatic rings. The van der Waals surface area contributed by atoms with Crippen molar-refractivity contribution in [3.05, 3.63) is 97.2 Å². The van der Waals surface area contributed by atoms with Crippen molar-refractivity contribution < 1.29 is 39.8 Å². The van der Waals surface area contributed by atoms with Crippen molar-refractivity contribution in [3.63, 3.8) is 0 Å². The minimum Gasteiger partial charge on any atom is -0.394 e. The van der Waals surface area contributed by atoms with Crippen LogP contribution in [0.2, 0.25) is 0 Å². The predicted molar refractivity (Wildman–Crippen MR) is 364 cm³/mol. The van der Waals surface area contributed by atoms with Crippen LogP contribution >= 0.6 is 0 Å². The summed E-state index contributed by atoms with van der Waals surface area (Å²) in [6.07, 6.45) is 86.7. The molecular weight excluding hydrogens is 1050 g/mol. The Labute approximate surface area is 523 Å². The van der Waals surface area contributed by atoms with Gasteiger partial charge >= 0.3 is 0 Å². The molecule has 1 heterocycles. The van der Waals surface area contributed by atoms with Gasteiger partial charge in [-0.3, -0.25) is 4.79 Å². The number of ether oxygens (including phenoxy) is 2. The smallest absolute Gasteiger partial charge is 0.220 e. The molecule has 0 aliphatic carbocycles. The molecule has 9 heteroatoms. The molecule has 85 heavy (non-hydrogen) atoms. The molecule has 0 aromatic carbocycles. The van der Waals surface area contributed by atoms with Crippen molar-refractivity contribution in [3.8, 4) is 0 Å². The summed E-state index contributed by atoms with van der Waals surface area (Å²) >= 11 is 0. The molecule has 7 atom stereocenters. The first-order valence-corrected chi connectivity index (χ1v) is 36.0. The first kappa shape index (κ1) is 80.1. The van der Waals surface area contributed by atoms with E-state index < -0.39 is 49.5 Å². The molecule has 9 nitrogen and oxygen atoms in total. The molecule has 0 aromatic rings. The van der Waals surface area contributed by atoms with Gasteiger partial charge in [0.25, 0.3) is 0 Å². The zero-order valence-corrected chi connectivity index (χ0v) is 55.1. The van der Waals surface area contributed by atoms with Crippen LogP contribution in [0.4, 0.5) is 0 Å². The standard InChI is InChI=1S/C76H135NO8/c1-3-5-7-9-11-13-15-17-19-21-23-25-27-28-29-30-31-32-33-34-35-36-37-38-39-40-41-42-44-46-48-50-52-54-56-58-60-62-64-66-72(80)77-69(68-84-76-75(83)74(82)73(81)71(67-78)85-76)70(79)65-63-61-59-57-55-53-51-49-47-45-43-26-24-22-20-18-16-14-12-10-8-6-4-2/h5,7,11,13,17,19,23,25,28-29,47,49,55,57,63,65,69-71,73-76,78-79,81-83H,3-4,6,8-10,12,14-16,18,20-22,24,26-27,30-46,48,50-54,56,58-62,64,66-68H2,1-2H3,(H,77,80)/b7-5-,13-11-,19-17-,25-23-,29-28-,49-47+,57-55+,65-63+. The fourth-order valence-electron chi connectivity index (χ4n) is 11.0. The Morgan fingerprint density at radius 1 is 0.412 bits per heavy atom. The molecule has 1 amide bonds. The maximum absolute atomic E-state index is 13.1. The molecule has 0 bridgehead atoms. The summed E-state index contributed by atoms with van der Waals surface area (Å²) in [4.78, 5) is 13.1. The maximum atomic E-state index is 13.1. The van der Waals surface area contributed by atoms with Crippen LogP contribution in [0.3, 0.4) is 0 Å². The van der Waals surface area contributed by atoms with E-state index >= 15 is 0 Å². The number of allylic oxidation sites excluding steroid dienone is 15. The van der Waals surface area contributed by atoms with Gasteiger partial charge in [-0.25, -0.2) is 0 Å². The summed E-state index contributed by atoms with van der Waals surface area (Å²) in [5.41, 5.74) is 0. The van der Waals surface area contributed by atoms with Crippen LogP contribution in [0.25, 0.3) is 0 Å². The minimum absolute atomic E-state index is 0.187. The van der Waals surface area contributed by atoms with Crippen LogP contribution in [0.1, 0.15) is 322 Å². The number of aliphatic hydroxyl groups excluding tert-OH is 5. The number of rotatable bonds is 62. The minimum atomic E-state index is -1.58. The van der Waals surface area contributed by atoms with Gasteiger partial charge in [-0.2, -0.15) is 0 Å². The quantitative estimate of drug-likeness (QED) is 0.0261. The van der Waals surface area contributed by atoms with Gasteiger partial charge < -0.3 is 40.3 Å². The number of nitrogens with one attached hydrogen (secondary N) is 1. The summed E-state index contributed by atoms with van der Waals surface area (Å²) in [5.74, 6) is -0.187. The summed E-state index contributed by atoms with van der Waals surface area (Å²) in [5, 5.41) is 54.7. The number of carbonyl (C=O) groups is 1. The molecule has 0 radical (unpaired) electrons. The van der Waals surface area contributed by atoms with Gasteiger partial charge in [0, 0.05) is 6.42 Å². The van der Waals surface area contributed by atoms with E-state index in [4.69, 9.17) is 9.47 Å². The van der Waals surface area contributed by atoms with Gasteiger partial charge in [-0.05, 0) is 89.9 Å². The van der Waals surface area contributed by atoms with E-state index in [1.165, 1.54) is 225 Å². The Balaban J connectivity index is 2.10. The van der Waals surface area contributed by atoms with Crippen LogP contribution in [-0.4, -0.2) is 87.5 Å². The average molecular weight is 1190 g/mol. The van der Waals surface area contributed by atoms with Gasteiger partial charge in [0.2, 0.25) is 5.91 Å². The van der Waals surface area contributed by atoms with Gasteiger partial charge in [-0.15, -0.1) is 0 Å².